The normalized spacial score (nSPS) is 13.4. The first-order chi connectivity index (χ1) is 16.1. The van der Waals surface area contributed by atoms with Crippen LogP contribution in [0.3, 0.4) is 0 Å². The molecule has 2 amide bonds. The number of hydrazone groups is 1. The summed E-state index contributed by atoms with van der Waals surface area (Å²) in [6.07, 6.45) is 4.07. The van der Waals surface area contributed by atoms with Crippen molar-refractivity contribution in [1.82, 2.24) is 10.3 Å². The monoisotopic (exact) mass is 462 g/mol. The Balaban J connectivity index is 1.84. The van der Waals surface area contributed by atoms with Gasteiger partial charge in [-0.25, -0.2) is 0 Å². The molecule has 3 rings (SSSR count). The van der Waals surface area contributed by atoms with Crippen LogP contribution in [0.5, 0.6) is 0 Å². The maximum absolute atomic E-state index is 14.3. The Morgan fingerprint density at radius 2 is 1.74 bits per heavy atom. The summed E-state index contributed by atoms with van der Waals surface area (Å²) in [6.45, 7) is 3.43. The van der Waals surface area contributed by atoms with E-state index in [2.05, 4.69) is 15.7 Å². The minimum atomic E-state index is -0.822. The van der Waals surface area contributed by atoms with Crippen molar-refractivity contribution >= 4 is 42.1 Å². The number of para-hydroxylation sites is 1. The van der Waals surface area contributed by atoms with E-state index in [1.54, 1.807) is 45.1 Å². The molecule has 10 heteroatoms. The van der Waals surface area contributed by atoms with Gasteiger partial charge < -0.3 is 5.01 Å². The number of hydrogen-bond acceptors (Lipinski definition) is 5. The van der Waals surface area contributed by atoms with Gasteiger partial charge in [0.25, 0.3) is 0 Å². The summed E-state index contributed by atoms with van der Waals surface area (Å²) < 4.78 is 28.5. The summed E-state index contributed by atoms with van der Waals surface area (Å²) >= 11 is 0. The van der Waals surface area contributed by atoms with Gasteiger partial charge in [0.1, 0.15) is 0 Å². The Morgan fingerprint density at radius 3 is 2.38 bits per heavy atom. The number of nitrogens with zero attached hydrogens (tertiary/aromatic N) is 3. The summed E-state index contributed by atoms with van der Waals surface area (Å²) in [6, 6.07) is 8.29. The molecule has 1 aliphatic rings. The summed E-state index contributed by atoms with van der Waals surface area (Å²) in [4.78, 5) is 26.6. The molecule has 2 aromatic rings. The predicted molar refractivity (Wildman–Crippen MR) is 131 cm³/mol. The van der Waals surface area contributed by atoms with Gasteiger partial charge in [-0.3, -0.25) is 0 Å². The zero-order valence-corrected chi connectivity index (χ0v) is 19.2. The number of anilines is 2. The number of carbonyl (C=O) groups excluding carboxylic acids is 2. The fraction of sp³-hybridized carbons (Fsp3) is 0.167. The van der Waals surface area contributed by atoms with Crippen molar-refractivity contribution in [2.75, 3.05) is 24.3 Å². The van der Waals surface area contributed by atoms with Crippen LogP contribution < -0.4 is 15.5 Å². The first-order valence-corrected chi connectivity index (χ1v) is 10.3. The van der Waals surface area contributed by atoms with Crippen LogP contribution in [-0.2, 0) is 4.79 Å². The SMILES string of the molecule is [B]=C1C=CC(C(=O)Nc2cc(C(=O)N/C(C)=N/N(C)C)ccc2C)=CN1c1c(F)cccc1F. The topological polar surface area (TPSA) is 77.0 Å². The Hall–Kier alpha value is -4.08. The van der Waals surface area contributed by atoms with Crippen molar-refractivity contribution in [2.24, 2.45) is 5.10 Å². The van der Waals surface area contributed by atoms with Crippen LogP contribution in [0.15, 0.2) is 65.4 Å². The van der Waals surface area contributed by atoms with Crippen molar-refractivity contribution in [3.05, 3.63) is 83.1 Å². The van der Waals surface area contributed by atoms with Gasteiger partial charge >= 0.3 is 166 Å². The molecule has 34 heavy (non-hydrogen) atoms. The van der Waals surface area contributed by atoms with E-state index < -0.39 is 17.5 Å². The van der Waals surface area contributed by atoms with Gasteiger partial charge in [0.15, 0.2) is 0 Å². The molecule has 2 aromatic carbocycles. The van der Waals surface area contributed by atoms with Crippen molar-refractivity contribution in [3.63, 3.8) is 0 Å². The number of aryl methyl sites for hydroxylation is 1. The van der Waals surface area contributed by atoms with E-state index in [1.807, 2.05) is 0 Å². The van der Waals surface area contributed by atoms with Crippen LogP contribution in [0.2, 0.25) is 0 Å². The van der Waals surface area contributed by atoms with E-state index in [-0.39, 0.29) is 22.8 Å². The maximum atomic E-state index is 14.3. The molecule has 173 valence electrons. The van der Waals surface area contributed by atoms with Crippen LogP contribution in [0, 0.1) is 18.6 Å². The van der Waals surface area contributed by atoms with Crippen LogP contribution >= 0.6 is 0 Å². The van der Waals surface area contributed by atoms with E-state index in [1.165, 1.54) is 30.5 Å². The zero-order chi connectivity index (χ0) is 25.0. The number of amidine groups is 1. The second-order valence-electron chi connectivity index (χ2n) is 7.75. The Labute approximate surface area is 197 Å². The number of hydrogen-bond donors (Lipinski definition) is 2. The Bertz CT molecular complexity index is 1230. The molecule has 0 saturated carbocycles. The summed E-state index contributed by atoms with van der Waals surface area (Å²) in [5, 5.41) is 11.1. The fourth-order valence-electron chi connectivity index (χ4n) is 3.21. The molecule has 1 heterocycles. The van der Waals surface area contributed by atoms with Gasteiger partial charge in [-0.1, -0.05) is 0 Å². The molecular weight excluding hydrogens is 439 g/mol. The van der Waals surface area contributed by atoms with Gasteiger partial charge in [0, 0.05) is 14.1 Å². The quantitative estimate of drug-likeness (QED) is 0.310. The third-order valence-corrected chi connectivity index (χ3v) is 4.81. The van der Waals surface area contributed by atoms with E-state index >= 15 is 0 Å². The van der Waals surface area contributed by atoms with Gasteiger partial charge in [-0.2, -0.15) is 5.10 Å². The van der Waals surface area contributed by atoms with Crippen molar-refractivity contribution < 1.29 is 18.4 Å². The standard InChI is InChI=1S/C24H23BF2N5O2/c1-14-8-9-16(23(33)28-15(2)30-31(3)4)12-20(14)29-24(34)17-10-11-21(25)32(13-17)22-18(26)6-5-7-19(22)27/h5-13H,1-4H3,(H,29,34)(H,28,30,33). The number of carbonyl (C=O) groups is 2. The third kappa shape index (κ3) is 5.64. The van der Waals surface area contributed by atoms with Gasteiger partial charge in [0.2, 0.25) is 0 Å². The second-order valence-corrected chi connectivity index (χ2v) is 7.75. The van der Waals surface area contributed by atoms with E-state index in [0.717, 1.165) is 17.0 Å². The molecule has 0 unspecified atom stereocenters. The van der Waals surface area contributed by atoms with E-state index in [0.29, 0.717) is 22.6 Å². The average Bonchev–Trinajstić information content (AvgIpc) is 2.75. The van der Waals surface area contributed by atoms with Crippen LogP contribution in [0.4, 0.5) is 20.2 Å². The van der Waals surface area contributed by atoms with E-state index in [4.69, 9.17) is 7.49 Å². The molecule has 0 spiro atoms. The van der Waals surface area contributed by atoms with Crippen molar-refractivity contribution in [1.29, 1.82) is 0 Å². The number of amides is 2. The van der Waals surface area contributed by atoms with Gasteiger partial charge in [-0.05, 0) is 6.92 Å². The molecule has 0 fully saturated rings. The minimum absolute atomic E-state index is 0.0464. The third-order valence-electron chi connectivity index (χ3n) is 4.81. The molecule has 0 aliphatic carbocycles. The molecule has 2 N–H and O–H groups in total. The number of benzene rings is 2. The summed E-state index contributed by atoms with van der Waals surface area (Å²) in [5.74, 6) is -2.17. The Kier molecular flexibility index (Phi) is 7.40. The number of rotatable bonds is 5. The average molecular weight is 462 g/mol. The first-order valence-electron chi connectivity index (χ1n) is 10.3. The number of halogens is 2. The zero-order valence-electron chi connectivity index (χ0n) is 19.2. The summed E-state index contributed by atoms with van der Waals surface area (Å²) in [5.41, 5.74) is 1.20. The Morgan fingerprint density at radius 1 is 1.06 bits per heavy atom. The van der Waals surface area contributed by atoms with Crippen LogP contribution in [0.25, 0.3) is 0 Å². The first kappa shape index (κ1) is 24.6. The van der Waals surface area contributed by atoms with Crippen LogP contribution in [-0.4, -0.2) is 49.8 Å². The fourth-order valence-corrected chi connectivity index (χ4v) is 3.21. The molecule has 0 atom stereocenters. The molecule has 7 nitrogen and oxygen atoms in total. The van der Waals surface area contributed by atoms with Crippen molar-refractivity contribution in [2.45, 2.75) is 13.8 Å². The molecule has 0 saturated heterocycles. The van der Waals surface area contributed by atoms with Crippen LogP contribution in [0.1, 0.15) is 22.8 Å². The molecule has 0 aromatic heterocycles. The molecule has 0 bridgehead atoms. The predicted octanol–water partition coefficient (Wildman–Crippen LogP) is 3.10. The molecule has 1 radical (unpaired) electrons. The van der Waals surface area contributed by atoms with Gasteiger partial charge in [-0.15, -0.1) is 0 Å². The van der Waals surface area contributed by atoms with Crippen molar-refractivity contribution in [3.8, 4) is 0 Å². The van der Waals surface area contributed by atoms with Gasteiger partial charge in [0.05, 0.1) is 0 Å². The second kappa shape index (κ2) is 10.2. The van der Waals surface area contributed by atoms with E-state index in [9.17, 15) is 18.4 Å². The molecule has 1 aliphatic heterocycles. The molecular formula is C24H23BF2N5O2. The summed E-state index contributed by atoms with van der Waals surface area (Å²) in [7, 11) is 9.37. The number of nitrogens with one attached hydrogen (secondary N) is 2.